The zero-order chi connectivity index (χ0) is 21.2. The van der Waals surface area contributed by atoms with Gasteiger partial charge in [-0.3, -0.25) is 4.79 Å². The number of benzene rings is 3. The fraction of sp³-hybridized carbons (Fsp3) is 0.0500. The Kier molecular flexibility index (Phi) is 5.91. The standard InChI is InChI=1S/C20H13Cl2F3N2O2/c21-13-3-5-14(6-4-13)29-18-8-2-12(20(23,24)25)10-17(18)27-19(28)11-1-7-15(22)16(26)9-11/h1-10H,26H2,(H,27,28). The number of amides is 1. The third-order valence-corrected chi connectivity index (χ3v) is 4.45. The molecule has 9 heteroatoms. The molecule has 0 heterocycles. The first-order valence-electron chi connectivity index (χ1n) is 8.14. The quantitative estimate of drug-likeness (QED) is 0.446. The van der Waals surface area contributed by atoms with Crippen molar-refractivity contribution < 1.29 is 22.7 Å². The Balaban J connectivity index is 1.95. The van der Waals surface area contributed by atoms with Crippen LogP contribution in [0, 0.1) is 0 Å². The summed E-state index contributed by atoms with van der Waals surface area (Å²) in [5.74, 6) is -0.315. The lowest BCUT2D eigenvalue weighted by atomic mass is 10.1. The van der Waals surface area contributed by atoms with Crippen molar-refractivity contribution in [1.82, 2.24) is 0 Å². The van der Waals surface area contributed by atoms with Gasteiger partial charge in [-0.25, -0.2) is 0 Å². The van der Waals surface area contributed by atoms with Gasteiger partial charge >= 0.3 is 6.18 Å². The van der Waals surface area contributed by atoms with Gasteiger partial charge in [0.15, 0.2) is 5.75 Å². The van der Waals surface area contributed by atoms with E-state index in [4.69, 9.17) is 33.7 Å². The fourth-order valence-electron chi connectivity index (χ4n) is 2.40. The minimum absolute atomic E-state index is 0.0237. The lowest BCUT2D eigenvalue weighted by Crippen LogP contribution is -2.14. The Bertz CT molecular complexity index is 1050. The number of carbonyl (C=O) groups is 1. The topological polar surface area (TPSA) is 64.4 Å². The first-order valence-corrected chi connectivity index (χ1v) is 8.90. The van der Waals surface area contributed by atoms with Crippen LogP contribution in [0.4, 0.5) is 24.5 Å². The van der Waals surface area contributed by atoms with Crippen molar-refractivity contribution in [2.24, 2.45) is 0 Å². The van der Waals surface area contributed by atoms with Crippen LogP contribution in [0.2, 0.25) is 10.0 Å². The van der Waals surface area contributed by atoms with Crippen molar-refractivity contribution >= 4 is 40.5 Å². The lowest BCUT2D eigenvalue weighted by molar-refractivity contribution is -0.137. The second kappa shape index (κ2) is 8.23. The number of anilines is 2. The lowest BCUT2D eigenvalue weighted by Gasteiger charge is -2.15. The van der Waals surface area contributed by atoms with Gasteiger partial charge in [-0.2, -0.15) is 13.2 Å². The summed E-state index contributed by atoms with van der Waals surface area (Å²) in [6.07, 6.45) is -4.59. The molecule has 29 heavy (non-hydrogen) atoms. The van der Waals surface area contributed by atoms with Crippen molar-refractivity contribution in [3.63, 3.8) is 0 Å². The highest BCUT2D eigenvalue weighted by Gasteiger charge is 2.31. The molecule has 0 aromatic heterocycles. The first-order chi connectivity index (χ1) is 13.6. The van der Waals surface area contributed by atoms with Crippen molar-refractivity contribution in [1.29, 1.82) is 0 Å². The summed E-state index contributed by atoms with van der Waals surface area (Å²) in [6, 6.07) is 13.2. The van der Waals surface area contributed by atoms with Crippen molar-refractivity contribution in [2.75, 3.05) is 11.1 Å². The molecule has 0 atom stereocenters. The number of nitrogens with one attached hydrogen (secondary N) is 1. The van der Waals surface area contributed by atoms with E-state index >= 15 is 0 Å². The zero-order valence-corrected chi connectivity index (χ0v) is 16.1. The minimum atomic E-state index is -4.59. The molecule has 3 aromatic carbocycles. The van der Waals surface area contributed by atoms with E-state index in [1.165, 1.54) is 18.2 Å². The second-order valence-electron chi connectivity index (χ2n) is 5.96. The van der Waals surface area contributed by atoms with E-state index < -0.39 is 17.6 Å². The Hall–Kier alpha value is -2.90. The Morgan fingerprint density at radius 3 is 2.28 bits per heavy atom. The summed E-state index contributed by atoms with van der Waals surface area (Å²) in [6.45, 7) is 0. The van der Waals surface area contributed by atoms with Gasteiger partial charge in [-0.05, 0) is 60.7 Å². The van der Waals surface area contributed by atoms with Crippen LogP contribution in [-0.2, 0) is 6.18 Å². The molecule has 4 nitrogen and oxygen atoms in total. The van der Waals surface area contributed by atoms with Crippen molar-refractivity contribution in [3.05, 3.63) is 81.8 Å². The molecule has 0 saturated carbocycles. The number of ether oxygens (including phenoxy) is 1. The Morgan fingerprint density at radius 2 is 1.66 bits per heavy atom. The highest BCUT2D eigenvalue weighted by atomic mass is 35.5. The Morgan fingerprint density at radius 1 is 0.966 bits per heavy atom. The molecule has 0 saturated heterocycles. The summed E-state index contributed by atoms with van der Waals surface area (Å²) in [5.41, 5.74) is 4.88. The van der Waals surface area contributed by atoms with Crippen LogP contribution >= 0.6 is 23.2 Å². The van der Waals surface area contributed by atoms with Gasteiger partial charge < -0.3 is 15.8 Å². The molecule has 3 rings (SSSR count). The van der Waals surface area contributed by atoms with Crippen LogP contribution in [0.3, 0.4) is 0 Å². The second-order valence-corrected chi connectivity index (χ2v) is 6.80. The molecule has 0 aliphatic carbocycles. The van der Waals surface area contributed by atoms with E-state index in [1.54, 1.807) is 24.3 Å². The molecule has 0 spiro atoms. The molecule has 0 radical (unpaired) electrons. The third-order valence-electron chi connectivity index (χ3n) is 3.85. The minimum Gasteiger partial charge on any atom is -0.455 e. The number of nitrogen functional groups attached to an aromatic ring is 1. The van der Waals surface area contributed by atoms with Crippen LogP contribution < -0.4 is 15.8 Å². The summed E-state index contributed by atoms with van der Waals surface area (Å²) < 4.78 is 45.0. The average molecular weight is 441 g/mol. The number of carbonyl (C=O) groups excluding carboxylic acids is 1. The smallest absolute Gasteiger partial charge is 0.416 e. The number of nitrogens with two attached hydrogens (primary N) is 1. The van der Waals surface area contributed by atoms with E-state index in [2.05, 4.69) is 5.32 Å². The molecule has 0 fully saturated rings. The van der Waals surface area contributed by atoms with Crippen LogP contribution in [0.25, 0.3) is 0 Å². The molecule has 0 bridgehead atoms. The molecular formula is C20H13Cl2F3N2O2. The van der Waals surface area contributed by atoms with E-state index in [9.17, 15) is 18.0 Å². The maximum Gasteiger partial charge on any atom is 0.416 e. The monoisotopic (exact) mass is 440 g/mol. The van der Waals surface area contributed by atoms with Gasteiger partial charge in [-0.15, -0.1) is 0 Å². The van der Waals surface area contributed by atoms with Gasteiger partial charge in [0.2, 0.25) is 0 Å². The highest BCUT2D eigenvalue weighted by Crippen LogP contribution is 2.37. The van der Waals surface area contributed by atoms with Crippen LogP contribution in [-0.4, -0.2) is 5.91 Å². The van der Waals surface area contributed by atoms with Crippen molar-refractivity contribution in [2.45, 2.75) is 6.18 Å². The van der Waals surface area contributed by atoms with Crippen LogP contribution in [0.15, 0.2) is 60.7 Å². The maximum absolute atomic E-state index is 13.1. The summed E-state index contributed by atoms with van der Waals surface area (Å²) >= 11 is 11.7. The molecule has 0 unspecified atom stereocenters. The Labute approximate surface area is 174 Å². The summed E-state index contributed by atoms with van der Waals surface area (Å²) in [4.78, 5) is 12.5. The van der Waals surface area contributed by atoms with Gasteiger partial charge in [0.1, 0.15) is 5.75 Å². The summed E-state index contributed by atoms with van der Waals surface area (Å²) in [7, 11) is 0. The molecule has 3 aromatic rings. The third kappa shape index (κ3) is 5.13. The average Bonchev–Trinajstić information content (AvgIpc) is 2.66. The highest BCUT2D eigenvalue weighted by molar-refractivity contribution is 6.33. The number of hydrogen-bond acceptors (Lipinski definition) is 3. The van der Waals surface area contributed by atoms with Gasteiger partial charge in [0, 0.05) is 10.6 Å². The van der Waals surface area contributed by atoms with E-state index in [0.29, 0.717) is 10.8 Å². The van der Waals surface area contributed by atoms with E-state index in [-0.39, 0.29) is 27.7 Å². The first kappa shape index (κ1) is 20.8. The molecule has 0 aliphatic rings. The van der Waals surface area contributed by atoms with Gasteiger partial charge in [-0.1, -0.05) is 23.2 Å². The SMILES string of the molecule is Nc1cc(C(=O)Nc2cc(C(F)(F)F)ccc2Oc2ccc(Cl)cc2)ccc1Cl. The molecule has 1 amide bonds. The molecular weight excluding hydrogens is 428 g/mol. The zero-order valence-electron chi connectivity index (χ0n) is 14.6. The van der Waals surface area contributed by atoms with Crippen LogP contribution in [0.5, 0.6) is 11.5 Å². The van der Waals surface area contributed by atoms with Crippen LogP contribution in [0.1, 0.15) is 15.9 Å². The normalized spacial score (nSPS) is 11.2. The summed E-state index contributed by atoms with van der Waals surface area (Å²) in [5, 5.41) is 3.16. The predicted octanol–water partition coefficient (Wildman–Crippen LogP) is 6.64. The molecule has 150 valence electrons. The molecule has 0 aliphatic heterocycles. The maximum atomic E-state index is 13.1. The number of halogens is 5. The number of rotatable bonds is 4. The van der Waals surface area contributed by atoms with E-state index in [0.717, 1.165) is 18.2 Å². The van der Waals surface area contributed by atoms with Gasteiger partial charge in [0.25, 0.3) is 5.91 Å². The van der Waals surface area contributed by atoms with E-state index in [1.807, 2.05) is 0 Å². The fourth-order valence-corrected chi connectivity index (χ4v) is 2.65. The van der Waals surface area contributed by atoms with Gasteiger partial charge in [0.05, 0.1) is 22.0 Å². The predicted molar refractivity (Wildman–Crippen MR) is 107 cm³/mol. The number of hydrogen-bond donors (Lipinski definition) is 2. The molecule has 3 N–H and O–H groups in total. The largest absolute Gasteiger partial charge is 0.455 e. The number of alkyl halides is 3. The van der Waals surface area contributed by atoms with Crippen molar-refractivity contribution in [3.8, 4) is 11.5 Å².